The van der Waals surface area contributed by atoms with Gasteiger partial charge in [0.05, 0.1) is 0 Å². The van der Waals surface area contributed by atoms with Crippen LogP contribution < -0.4 is 9.47 Å². The van der Waals surface area contributed by atoms with Gasteiger partial charge in [-0.1, -0.05) is 50.2 Å². The van der Waals surface area contributed by atoms with Crippen molar-refractivity contribution in [2.24, 2.45) is 0 Å². The summed E-state index contributed by atoms with van der Waals surface area (Å²) in [6.07, 6.45) is 3.35. The zero-order chi connectivity index (χ0) is 17.5. The topological polar surface area (TPSA) is 21.7 Å². The van der Waals surface area contributed by atoms with Gasteiger partial charge in [-0.25, -0.2) is 0 Å². The van der Waals surface area contributed by atoms with Crippen molar-refractivity contribution in [1.29, 1.82) is 0 Å². The zero-order valence-electron chi connectivity index (χ0n) is 15.4. The normalized spacial score (nSPS) is 16.4. The maximum atomic E-state index is 6.14. The van der Waals surface area contributed by atoms with E-state index in [4.69, 9.17) is 9.47 Å². The van der Waals surface area contributed by atoms with Crippen LogP contribution in [0.5, 0.6) is 11.5 Å². The Morgan fingerprint density at radius 2 is 1.76 bits per heavy atom. The third kappa shape index (κ3) is 4.55. The molecule has 2 aromatic carbocycles. The molecule has 0 aromatic heterocycles. The largest absolute Gasteiger partial charge is 0.492 e. The van der Waals surface area contributed by atoms with Crippen molar-refractivity contribution < 1.29 is 9.47 Å². The number of ether oxygens (including phenoxy) is 2. The second-order valence-electron chi connectivity index (χ2n) is 6.71. The molecule has 1 unspecified atom stereocenters. The highest BCUT2D eigenvalue weighted by molar-refractivity contribution is 5.46. The van der Waals surface area contributed by atoms with Gasteiger partial charge in [0.25, 0.3) is 0 Å². The van der Waals surface area contributed by atoms with Crippen LogP contribution in [-0.4, -0.2) is 30.6 Å². The third-order valence-corrected chi connectivity index (χ3v) is 4.74. The van der Waals surface area contributed by atoms with E-state index < -0.39 is 0 Å². The Kier molecular flexibility index (Phi) is 6.35. The predicted octanol–water partition coefficient (Wildman–Crippen LogP) is 4.69. The first-order valence-corrected chi connectivity index (χ1v) is 9.47. The minimum Gasteiger partial charge on any atom is -0.492 e. The van der Waals surface area contributed by atoms with Gasteiger partial charge in [0.15, 0.2) is 0 Å². The Hall–Kier alpha value is -2.00. The van der Waals surface area contributed by atoms with Crippen molar-refractivity contribution in [2.75, 3.05) is 19.7 Å². The summed E-state index contributed by atoms with van der Waals surface area (Å²) in [7, 11) is 0. The van der Waals surface area contributed by atoms with E-state index in [1.807, 2.05) is 24.3 Å². The average molecular weight is 339 g/mol. The second kappa shape index (κ2) is 8.91. The summed E-state index contributed by atoms with van der Waals surface area (Å²) in [6, 6.07) is 16.9. The van der Waals surface area contributed by atoms with Crippen LogP contribution in [0.25, 0.3) is 0 Å². The van der Waals surface area contributed by atoms with Crippen LogP contribution in [0.3, 0.4) is 0 Å². The van der Waals surface area contributed by atoms with E-state index in [9.17, 15) is 0 Å². The third-order valence-electron chi connectivity index (χ3n) is 4.74. The van der Waals surface area contributed by atoms with E-state index >= 15 is 0 Å². The molecule has 3 nitrogen and oxygen atoms in total. The molecule has 1 aliphatic rings. The second-order valence-corrected chi connectivity index (χ2v) is 6.71. The summed E-state index contributed by atoms with van der Waals surface area (Å²) in [5, 5.41) is 0. The minimum absolute atomic E-state index is 0.439. The lowest BCUT2D eigenvalue weighted by Crippen LogP contribution is -2.44. The first kappa shape index (κ1) is 17.8. The van der Waals surface area contributed by atoms with Crippen molar-refractivity contribution in [3.8, 4) is 11.5 Å². The fraction of sp³-hybridized carbons (Fsp3) is 0.455. The quantitative estimate of drug-likeness (QED) is 0.696. The Bertz CT molecular complexity index is 650. The molecular weight excluding hydrogens is 310 g/mol. The summed E-state index contributed by atoms with van der Waals surface area (Å²) in [5.41, 5.74) is 2.40. The fourth-order valence-electron chi connectivity index (χ4n) is 3.52. The summed E-state index contributed by atoms with van der Waals surface area (Å²) >= 11 is 0. The first-order chi connectivity index (χ1) is 12.3. The number of hydrogen-bond donors (Lipinski definition) is 0. The predicted molar refractivity (Wildman–Crippen MR) is 102 cm³/mol. The van der Waals surface area contributed by atoms with Crippen molar-refractivity contribution in [3.63, 3.8) is 0 Å². The van der Waals surface area contributed by atoms with E-state index in [1.54, 1.807) is 0 Å². The minimum atomic E-state index is 0.439. The fourth-order valence-corrected chi connectivity index (χ4v) is 3.52. The molecule has 3 rings (SSSR count). The van der Waals surface area contributed by atoms with E-state index in [1.165, 1.54) is 24.0 Å². The molecule has 0 saturated heterocycles. The number of fused-ring (bicyclic) bond motifs is 1. The van der Waals surface area contributed by atoms with Gasteiger partial charge in [-0.3, -0.25) is 4.90 Å². The van der Waals surface area contributed by atoms with Crippen molar-refractivity contribution in [1.82, 2.24) is 4.90 Å². The molecule has 134 valence electrons. The zero-order valence-corrected chi connectivity index (χ0v) is 15.4. The molecule has 0 aliphatic carbocycles. The molecule has 0 N–H and O–H groups in total. The molecule has 0 bridgehead atoms. The average Bonchev–Trinajstić information content (AvgIpc) is 2.66. The van der Waals surface area contributed by atoms with Gasteiger partial charge in [-0.15, -0.1) is 0 Å². The van der Waals surface area contributed by atoms with Crippen LogP contribution in [-0.2, 0) is 13.0 Å². The molecule has 0 fully saturated rings. The van der Waals surface area contributed by atoms with Crippen molar-refractivity contribution in [2.45, 2.75) is 45.8 Å². The van der Waals surface area contributed by atoms with Crippen molar-refractivity contribution >= 4 is 0 Å². The molecule has 25 heavy (non-hydrogen) atoms. The SMILES string of the molecule is CCCN(CCC)C1COc2cccc(OCc3ccccc3)c2C1. The Labute approximate surface area is 151 Å². The van der Waals surface area contributed by atoms with Crippen LogP contribution in [0, 0.1) is 0 Å². The Balaban J connectivity index is 1.73. The van der Waals surface area contributed by atoms with Crippen LogP contribution in [0.4, 0.5) is 0 Å². The van der Waals surface area contributed by atoms with E-state index in [0.29, 0.717) is 12.6 Å². The number of nitrogens with zero attached hydrogens (tertiary/aromatic N) is 1. The molecule has 1 heterocycles. The van der Waals surface area contributed by atoms with Crippen LogP contribution >= 0.6 is 0 Å². The van der Waals surface area contributed by atoms with Crippen LogP contribution in [0.2, 0.25) is 0 Å². The summed E-state index contributed by atoms with van der Waals surface area (Å²) in [4.78, 5) is 2.57. The van der Waals surface area contributed by atoms with Gasteiger partial charge in [0.2, 0.25) is 0 Å². The summed E-state index contributed by atoms with van der Waals surface area (Å²) in [6.45, 7) is 8.11. The Morgan fingerprint density at radius 1 is 1.00 bits per heavy atom. The lowest BCUT2D eigenvalue weighted by Gasteiger charge is -2.35. The maximum absolute atomic E-state index is 6.14. The van der Waals surface area contributed by atoms with E-state index in [2.05, 4.69) is 43.0 Å². The van der Waals surface area contributed by atoms with Gasteiger partial charge >= 0.3 is 0 Å². The van der Waals surface area contributed by atoms with Crippen LogP contribution in [0.1, 0.15) is 37.8 Å². The smallest absolute Gasteiger partial charge is 0.126 e. The molecule has 1 aliphatic heterocycles. The highest BCUT2D eigenvalue weighted by atomic mass is 16.5. The van der Waals surface area contributed by atoms with Gasteiger partial charge in [0.1, 0.15) is 24.7 Å². The molecule has 0 spiro atoms. The standard InChI is InChI=1S/C22H29NO2/c1-3-13-23(14-4-2)19-15-20-21(11-8-12-22(20)25-17-19)24-16-18-9-6-5-7-10-18/h5-12,19H,3-4,13-17H2,1-2H3. The van der Waals surface area contributed by atoms with Gasteiger partial charge in [0, 0.05) is 11.6 Å². The molecule has 2 aromatic rings. The maximum Gasteiger partial charge on any atom is 0.126 e. The summed E-state index contributed by atoms with van der Waals surface area (Å²) < 4.78 is 12.2. The van der Waals surface area contributed by atoms with E-state index in [-0.39, 0.29) is 0 Å². The highest BCUT2D eigenvalue weighted by Crippen LogP contribution is 2.34. The molecule has 1 atom stereocenters. The molecule has 0 amide bonds. The van der Waals surface area contributed by atoms with Gasteiger partial charge in [-0.2, -0.15) is 0 Å². The molecule has 3 heteroatoms. The van der Waals surface area contributed by atoms with Gasteiger partial charge in [-0.05, 0) is 50.0 Å². The lowest BCUT2D eigenvalue weighted by molar-refractivity contribution is 0.117. The number of rotatable bonds is 8. The molecule has 0 saturated carbocycles. The Morgan fingerprint density at radius 3 is 2.48 bits per heavy atom. The molecule has 0 radical (unpaired) electrons. The molecular formula is C22H29NO2. The van der Waals surface area contributed by atoms with Gasteiger partial charge < -0.3 is 9.47 Å². The highest BCUT2D eigenvalue weighted by Gasteiger charge is 2.27. The number of hydrogen-bond acceptors (Lipinski definition) is 3. The monoisotopic (exact) mass is 339 g/mol. The lowest BCUT2D eigenvalue weighted by atomic mass is 10.00. The number of benzene rings is 2. The van der Waals surface area contributed by atoms with E-state index in [0.717, 1.165) is 37.6 Å². The van der Waals surface area contributed by atoms with Crippen molar-refractivity contribution in [3.05, 3.63) is 59.7 Å². The first-order valence-electron chi connectivity index (χ1n) is 9.47. The summed E-state index contributed by atoms with van der Waals surface area (Å²) in [5.74, 6) is 1.94. The van der Waals surface area contributed by atoms with Crippen LogP contribution in [0.15, 0.2) is 48.5 Å².